The van der Waals surface area contributed by atoms with Gasteiger partial charge in [-0.1, -0.05) is 53.7 Å². The zero-order valence-electron chi connectivity index (χ0n) is 17.2. The summed E-state index contributed by atoms with van der Waals surface area (Å²) in [5.41, 5.74) is 3.37. The van der Waals surface area contributed by atoms with Crippen molar-refractivity contribution in [3.8, 4) is 0 Å². The standard InChI is InChI=1S/C22H28N2O3/c1-15(25)23(17-9-11-18(12-10-17)24(26)27)20-14-16(21(2,3)4)8-13-19(20)22(5,6)7/h8-14H,1-7H3. The average molecular weight is 368 g/mol. The molecule has 0 saturated heterocycles. The Labute approximate surface area is 161 Å². The molecule has 0 spiro atoms. The fourth-order valence-corrected chi connectivity index (χ4v) is 3.03. The predicted molar refractivity (Wildman–Crippen MR) is 110 cm³/mol. The molecule has 0 unspecified atom stereocenters. The van der Waals surface area contributed by atoms with Crippen LogP contribution in [0, 0.1) is 10.1 Å². The second kappa shape index (κ2) is 7.14. The van der Waals surface area contributed by atoms with Crippen LogP contribution in [0.2, 0.25) is 0 Å². The Morgan fingerprint density at radius 3 is 1.89 bits per heavy atom. The molecule has 0 aliphatic heterocycles. The van der Waals surface area contributed by atoms with Crippen molar-refractivity contribution in [3.63, 3.8) is 0 Å². The molecule has 0 heterocycles. The van der Waals surface area contributed by atoms with E-state index in [0.29, 0.717) is 5.69 Å². The lowest BCUT2D eigenvalue weighted by Crippen LogP contribution is -2.27. The van der Waals surface area contributed by atoms with Gasteiger partial charge in [0.15, 0.2) is 0 Å². The number of carbonyl (C=O) groups excluding carboxylic acids is 1. The number of benzene rings is 2. The molecule has 2 aromatic carbocycles. The van der Waals surface area contributed by atoms with E-state index in [-0.39, 0.29) is 22.4 Å². The normalized spacial score (nSPS) is 12.0. The summed E-state index contributed by atoms with van der Waals surface area (Å²) in [7, 11) is 0. The third-order valence-electron chi connectivity index (χ3n) is 4.55. The minimum atomic E-state index is -0.442. The maximum atomic E-state index is 12.6. The number of anilines is 2. The lowest BCUT2D eigenvalue weighted by atomic mass is 9.80. The summed E-state index contributed by atoms with van der Waals surface area (Å²) < 4.78 is 0. The van der Waals surface area contributed by atoms with Crippen LogP contribution in [0.1, 0.15) is 59.6 Å². The zero-order valence-corrected chi connectivity index (χ0v) is 17.2. The summed E-state index contributed by atoms with van der Waals surface area (Å²) in [6.07, 6.45) is 0. The lowest BCUT2D eigenvalue weighted by molar-refractivity contribution is -0.384. The van der Waals surface area contributed by atoms with Crippen molar-refractivity contribution in [3.05, 3.63) is 63.7 Å². The van der Waals surface area contributed by atoms with Crippen LogP contribution in [0.25, 0.3) is 0 Å². The Morgan fingerprint density at radius 2 is 1.48 bits per heavy atom. The SMILES string of the molecule is CC(=O)N(c1ccc([N+](=O)[O-])cc1)c1cc(C(C)(C)C)ccc1C(C)(C)C. The highest BCUT2D eigenvalue weighted by Crippen LogP contribution is 2.39. The number of hydrogen-bond donors (Lipinski definition) is 0. The molecular formula is C22H28N2O3. The molecule has 0 atom stereocenters. The smallest absolute Gasteiger partial charge is 0.269 e. The van der Waals surface area contributed by atoms with Crippen LogP contribution >= 0.6 is 0 Å². The van der Waals surface area contributed by atoms with Gasteiger partial charge in [0.1, 0.15) is 0 Å². The molecule has 0 aliphatic carbocycles. The molecule has 144 valence electrons. The monoisotopic (exact) mass is 368 g/mol. The quantitative estimate of drug-likeness (QED) is 0.502. The Balaban J connectivity index is 2.71. The van der Waals surface area contributed by atoms with Crippen LogP contribution in [-0.2, 0) is 15.6 Å². The van der Waals surface area contributed by atoms with Gasteiger partial charge in [-0.15, -0.1) is 0 Å². The summed E-state index contributed by atoms with van der Waals surface area (Å²) >= 11 is 0. The van der Waals surface area contributed by atoms with Gasteiger partial charge in [0.05, 0.1) is 10.6 Å². The number of nitro groups is 1. The van der Waals surface area contributed by atoms with E-state index in [0.717, 1.165) is 16.8 Å². The van der Waals surface area contributed by atoms with E-state index < -0.39 is 4.92 Å². The molecule has 5 heteroatoms. The first-order chi connectivity index (χ1) is 12.3. The maximum Gasteiger partial charge on any atom is 0.269 e. The largest absolute Gasteiger partial charge is 0.281 e. The second-order valence-electron chi connectivity index (χ2n) is 8.86. The van der Waals surface area contributed by atoms with Crippen LogP contribution < -0.4 is 4.90 Å². The fraction of sp³-hybridized carbons (Fsp3) is 0.409. The van der Waals surface area contributed by atoms with Crippen LogP contribution in [-0.4, -0.2) is 10.8 Å². The number of carbonyl (C=O) groups is 1. The Kier molecular flexibility index (Phi) is 5.45. The first-order valence-corrected chi connectivity index (χ1v) is 9.02. The van der Waals surface area contributed by atoms with E-state index in [9.17, 15) is 14.9 Å². The van der Waals surface area contributed by atoms with E-state index in [1.165, 1.54) is 19.1 Å². The third-order valence-corrected chi connectivity index (χ3v) is 4.55. The van der Waals surface area contributed by atoms with Gasteiger partial charge in [0.2, 0.25) is 5.91 Å². The average Bonchev–Trinajstić information content (AvgIpc) is 2.53. The van der Waals surface area contributed by atoms with Crippen LogP contribution in [0.15, 0.2) is 42.5 Å². The minimum absolute atomic E-state index is 0.00161. The van der Waals surface area contributed by atoms with Gasteiger partial charge in [-0.2, -0.15) is 0 Å². The van der Waals surface area contributed by atoms with E-state index in [4.69, 9.17) is 0 Å². The van der Waals surface area contributed by atoms with Crippen molar-refractivity contribution >= 4 is 23.0 Å². The fourth-order valence-electron chi connectivity index (χ4n) is 3.03. The second-order valence-corrected chi connectivity index (χ2v) is 8.86. The highest BCUT2D eigenvalue weighted by atomic mass is 16.6. The lowest BCUT2D eigenvalue weighted by Gasteiger charge is -2.32. The van der Waals surface area contributed by atoms with Gasteiger partial charge < -0.3 is 0 Å². The Hall–Kier alpha value is -2.69. The van der Waals surface area contributed by atoms with Crippen molar-refractivity contribution in [2.24, 2.45) is 0 Å². The van der Waals surface area contributed by atoms with Gasteiger partial charge in [0, 0.05) is 24.7 Å². The summed E-state index contributed by atoms with van der Waals surface area (Å²) in [6, 6.07) is 12.3. The first kappa shape index (κ1) is 20.6. The van der Waals surface area contributed by atoms with Gasteiger partial charge >= 0.3 is 0 Å². The Bertz CT molecular complexity index is 857. The zero-order chi connectivity index (χ0) is 20.6. The molecule has 0 radical (unpaired) electrons. The number of nitro benzene ring substituents is 1. The third kappa shape index (κ3) is 4.54. The highest BCUT2D eigenvalue weighted by molar-refractivity contribution is 6.00. The van der Waals surface area contributed by atoms with Gasteiger partial charge in [0.25, 0.3) is 5.69 Å². The van der Waals surface area contributed by atoms with Crippen molar-refractivity contribution in [1.82, 2.24) is 0 Å². The molecule has 2 rings (SSSR count). The summed E-state index contributed by atoms with van der Waals surface area (Å²) in [5, 5.41) is 11.0. The molecule has 0 aliphatic rings. The number of amides is 1. The molecule has 0 fully saturated rings. The van der Waals surface area contributed by atoms with Crippen molar-refractivity contribution in [2.45, 2.75) is 59.3 Å². The molecule has 0 saturated carbocycles. The summed E-state index contributed by atoms with van der Waals surface area (Å²) in [6.45, 7) is 14.2. The van der Waals surface area contributed by atoms with E-state index >= 15 is 0 Å². The topological polar surface area (TPSA) is 63.5 Å². The van der Waals surface area contributed by atoms with Gasteiger partial charge in [-0.25, -0.2) is 0 Å². The Morgan fingerprint density at radius 1 is 0.926 bits per heavy atom. The molecule has 0 aromatic heterocycles. The first-order valence-electron chi connectivity index (χ1n) is 9.02. The molecule has 1 amide bonds. The van der Waals surface area contributed by atoms with E-state index in [1.54, 1.807) is 17.0 Å². The van der Waals surface area contributed by atoms with Gasteiger partial charge in [-0.05, 0) is 40.2 Å². The molecule has 0 N–H and O–H groups in total. The van der Waals surface area contributed by atoms with Crippen LogP contribution in [0.3, 0.4) is 0 Å². The molecule has 27 heavy (non-hydrogen) atoms. The number of rotatable bonds is 3. The summed E-state index contributed by atoms with van der Waals surface area (Å²) in [4.78, 5) is 24.7. The molecule has 5 nitrogen and oxygen atoms in total. The molecule has 0 bridgehead atoms. The maximum absolute atomic E-state index is 12.6. The van der Waals surface area contributed by atoms with E-state index in [1.807, 2.05) is 0 Å². The number of non-ortho nitro benzene ring substituents is 1. The van der Waals surface area contributed by atoms with E-state index in [2.05, 4.69) is 59.7 Å². The number of hydrogen-bond acceptors (Lipinski definition) is 3. The van der Waals surface area contributed by atoms with Crippen LogP contribution in [0.5, 0.6) is 0 Å². The number of nitrogens with zero attached hydrogens (tertiary/aromatic N) is 2. The predicted octanol–water partition coefficient (Wildman–Crippen LogP) is 5.87. The van der Waals surface area contributed by atoms with Crippen molar-refractivity contribution < 1.29 is 9.72 Å². The van der Waals surface area contributed by atoms with Gasteiger partial charge in [-0.3, -0.25) is 19.8 Å². The summed E-state index contributed by atoms with van der Waals surface area (Å²) in [5.74, 6) is -0.139. The van der Waals surface area contributed by atoms with Crippen molar-refractivity contribution in [1.29, 1.82) is 0 Å². The molecular weight excluding hydrogens is 340 g/mol. The molecule has 2 aromatic rings. The van der Waals surface area contributed by atoms with Crippen molar-refractivity contribution in [2.75, 3.05) is 4.90 Å². The minimum Gasteiger partial charge on any atom is -0.281 e. The van der Waals surface area contributed by atoms with Crippen LogP contribution in [0.4, 0.5) is 17.1 Å². The highest BCUT2D eigenvalue weighted by Gasteiger charge is 2.27.